The molecular weight excluding hydrogens is 258 g/mol. The summed E-state index contributed by atoms with van der Waals surface area (Å²) < 4.78 is 20.6. The number of aryl methyl sites for hydroxylation is 1. The minimum Gasteiger partial charge on any atom is -0.768 e. The third kappa shape index (κ3) is 3.77. The SMILES string of the molecule is Cc1ccc(S(=O)[O-])cc1.c1ccc2[nH]ccc2c1. The predicted octanol–water partition coefficient (Wildman–Crippen LogP) is 3.40. The quantitative estimate of drug-likeness (QED) is 0.690. The topological polar surface area (TPSA) is 55.9 Å². The Morgan fingerprint density at radius 2 is 1.68 bits per heavy atom. The molecule has 3 nitrogen and oxygen atoms in total. The van der Waals surface area contributed by atoms with E-state index < -0.39 is 11.1 Å². The van der Waals surface area contributed by atoms with Crippen LogP contribution >= 0.6 is 0 Å². The van der Waals surface area contributed by atoms with Gasteiger partial charge in [0.1, 0.15) is 0 Å². The van der Waals surface area contributed by atoms with Crippen LogP contribution in [0.3, 0.4) is 0 Å². The molecule has 0 bridgehead atoms. The van der Waals surface area contributed by atoms with Gasteiger partial charge in [0.15, 0.2) is 0 Å². The van der Waals surface area contributed by atoms with Crippen LogP contribution < -0.4 is 0 Å². The van der Waals surface area contributed by atoms with Gasteiger partial charge in [-0.25, -0.2) is 0 Å². The molecule has 1 aromatic heterocycles. The predicted molar refractivity (Wildman–Crippen MR) is 76.7 cm³/mol. The van der Waals surface area contributed by atoms with Crippen LogP contribution in [-0.2, 0) is 11.1 Å². The second-order valence-electron chi connectivity index (χ2n) is 4.11. The van der Waals surface area contributed by atoms with Crippen LogP contribution in [0, 0.1) is 6.92 Å². The lowest BCUT2D eigenvalue weighted by atomic mass is 10.2. The zero-order valence-electron chi connectivity index (χ0n) is 10.5. The van der Waals surface area contributed by atoms with Gasteiger partial charge in [-0.3, -0.25) is 4.21 Å². The molecule has 98 valence electrons. The molecule has 0 radical (unpaired) electrons. The molecule has 0 amide bonds. The van der Waals surface area contributed by atoms with Gasteiger partial charge in [-0.2, -0.15) is 0 Å². The highest BCUT2D eigenvalue weighted by Gasteiger charge is 1.88. The Labute approximate surface area is 114 Å². The summed E-state index contributed by atoms with van der Waals surface area (Å²) in [6.45, 7) is 1.91. The molecule has 3 aromatic rings. The summed E-state index contributed by atoms with van der Waals surface area (Å²) in [5.74, 6) is 0. The maximum absolute atomic E-state index is 10.3. The van der Waals surface area contributed by atoms with Crippen molar-refractivity contribution in [3.8, 4) is 0 Å². The molecule has 4 heteroatoms. The van der Waals surface area contributed by atoms with Gasteiger partial charge in [-0.05, 0) is 47.7 Å². The normalized spacial score (nSPS) is 11.7. The summed E-state index contributed by atoms with van der Waals surface area (Å²) in [7, 11) is 0. The molecule has 0 aliphatic rings. The molecule has 1 atom stereocenters. The van der Waals surface area contributed by atoms with Gasteiger partial charge in [0.05, 0.1) is 0 Å². The number of para-hydroxylation sites is 1. The molecule has 0 aliphatic carbocycles. The van der Waals surface area contributed by atoms with Crippen molar-refractivity contribution < 1.29 is 8.76 Å². The summed E-state index contributed by atoms with van der Waals surface area (Å²) in [6.07, 6.45) is 1.95. The van der Waals surface area contributed by atoms with E-state index in [0.717, 1.165) is 5.56 Å². The highest BCUT2D eigenvalue weighted by molar-refractivity contribution is 7.79. The minimum absolute atomic E-state index is 0.339. The van der Waals surface area contributed by atoms with Crippen molar-refractivity contribution in [2.75, 3.05) is 0 Å². The Morgan fingerprint density at radius 3 is 2.32 bits per heavy atom. The summed E-state index contributed by atoms with van der Waals surface area (Å²) in [6, 6.07) is 17.0. The van der Waals surface area contributed by atoms with Gasteiger partial charge in [-0.1, -0.05) is 35.9 Å². The van der Waals surface area contributed by atoms with Crippen molar-refractivity contribution in [3.05, 3.63) is 66.4 Å². The van der Waals surface area contributed by atoms with Crippen molar-refractivity contribution in [3.63, 3.8) is 0 Å². The summed E-state index contributed by atoms with van der Waals surface area (Å²) in [5, 5.41) is 1.28. The van der Waals surface area contributed by atoms with Gasteiger partial charge in [0, 0.05) is 16.6 Å². The summed E-state index contributed by atoms with van der Waals surface area (Å²) >= 11 is -2.09. The Morgan fingerprint density at radius 1 is 1.00 bits per heavy atom. The molecule has 0 fully saturated rings. The maximum Gasteiger partial charge on any atom is 0.0453 e. The van der Waals surface area contributed by atoms with Crippen LogP contribution in [0.5, 0.6) is 0 Å². The van der Waals surface area contributed by atoms with E-state index in [4.69, 9.17) is 0 Å². The standard InChI is InChI=1S/C8H7N.C7H8O2S/c1-2-4-8-7(3-1)5-6-9-8;1-6-2-4-7(5-3-6)10(8)9/h1-6,9H;2-5H,1H3,(H,8,9)/p-1. The van der Waals surface area contributed by atoms with Gasteiger partial charge >= 0.3 is 0 Å². The second-order valence-corrected chi connectivity index (χ2v) is 5.05. The first-order valence-electron chi connectivity index (χ1n) is 5.85. The van der Waals surface area contributed by atoms with Crippen LogP contribution in [0.2, 0.25) is 0 Å². The first-order valence-corrected chi connectivity index (χ1v) is 6.92. The van der Waals surface area contributed by atoms with Crippen molar-refractivity contribution >= 4 is 22.0 Å². The number of rotatable bonds is 1. The highest BCUT2D eigenvalue weighted by Crippen LogP contribution is 2.09. The Balaban J connectivity index is 0.000000141. The van der Waals surface area contributed by atoms with E-state index in [1.54, 1.807) is 24.3 Å². The fourth-order valence-electron chi connectivity index (χ4n) is 1.64. The Bertz CT molecular complexity index is 644. The molecule has 2 aromatic carbocycles. The summed E-state index contributed by atoms with van der Waals surface area (Å²) in [4.78, 5) is 3.46. The molecule has 0 saturated carbocycles. The molecular formula is C15H14NO2S-. The molecule has 0 saturated heterocycles. The highest BCUT2D eigenvalue weighted by atomic mass is 32.2. The number of aromatic amines is 1. The molecule has 0 aliphatic heterocycles. The zero-order chi connectivity index (χ0) is 13.7. The first kappa shape index (κ1) is 13.5. The van der Waals surface area contributed by atoms with E-state index in [2.05, 4.69) is 23.2 Å². The Kier molecular flexibility index (Phi) is 4.49. The number of benzene rings is 2. The van der Waals surface area contributed by atoms with E-state index in [0.29, 0.717) is 4.90 Å². The lowest BCUT2D eigenvalue weighted by molar-refractivity contribution is 0.537. The maximum atomic E-state index is 10.3. The fraction of sp³-hybridized carbons (Fsp3) is 0.0667. The van der Waals surface area contributed by atoms with Gasteiger partial charge in [0.25, 0.3) is 0 Å². The smallest absolute Gasteiger partial charge is 0.0453 e. The first-order chi connectivity index (χ1) is 9.16. The average molecular weight is 272 g/mol. The zero-order valence-corrected chi connectivity index (χ0v) is 11.3. The van der Waals surface area contributed by atoms with Crippen LogP contribution in [0.1, 0.15) is 5.56 Å². The number of hydrogen-bond donors (Lipinski definition) is 1. The van der Waals surface area contributed by atoms with Crippen LogP contribution in [0.15, 0.2) is 65.7 Å². The van der Waals surface area contributed by atoms with E-state index in [9.17, 15) is 8.76 Å². The number of aromatic nitrogens is 1. The number of fused-ring (bicyclic) bond motifs is 1. The van der Waals surface area contributed by atoms with E-state index >= 15 is 0 Å². The number of hydrogen-bond acceptors (Lipinski definition) is 2. The van der Waals surface area contributed by atoms with Crippen molar-refractivity contribution in [1.82, 2.24) is 4.98 Å². The average Bonchev–Trinajstić information content (AvgIpc) is 2.88. The van der Waals surface area contributed by atoms with Crippen molar-refractivity contribution in [2.24, 2.45) is 0 Å². The van der Waals surface area contributed by atoms with Crippen LogP contribution in [0.25, 0.3) is 10.9 Å². The molecule has 1 unspecified atom stereocenters. The summed E-state index contributed by atoms with van der Waals surface area (Å²) in [5.41, 5.74) is 2.27. The Hall–Kier alpha value is -1.91. The monoisotopic (exact) mass is 272 g/mol. The third-order valence-corrected chi connectivity index (χ3v) is 3.33. The van der Waals surface area contributed by atoms with Crippen LogP contribution in [-0.4, -0.2) is 13.7 Å². The van der Waals surface area contributed by atoms with Gasteiger partial charge < -0.3 is 9.54 Å². The van der Waals surface area contributed by atoms with E-state index in [1.807, 2.05) is 25.3 Å². The third-order valence-electron chi connectivity index (χ3n) is 2.68. The second kappa shape index (κ2) is 6.31. The van der Waals surface area contributed by atoms with Gasteiger partial charge in [0.2, 0.25) is 0 Å². The van der Waals surface area contributed by atoms with Crippen molar-refractivity contribution in [2.45, 2.75) is 11.8 Å². The molecule has 19 heavy (non-hydrogen) atoms. The molecule has 1 N–H and O–H groups in total. The lowest BCUT2D eigenvalue weighted by Gasteiger charge is -2.03. The van der Waals surface area contributed by atoms with E-state index in [1.165, 1.54) is 10.9 Å². The largest absolute Gasteiger partial charge is 0.768 e. The van der Waals surface area contributed by atoms with Crippen LogP contribution in [0.4, 0.5) is 0 Å². The molecule has 0 spiro atoms. The number of H-pyrrole nitrogens is 1. The molecule has 1 heterocycles. The van der Waals surface area contributed by atoms with E-state index in [-0.39, 0.29) is 0 Å². The van der Waals surface area contributed by atoms with Crippen molar-refractivity contribution in [1.29, 1.82) is 0 Å². The number of nitrogens with one attached hydrogen (secondary N) is 1. The fourth-order valence-corrected chi connectivity index (χ4v) is 2.00. The molecule has 3 rings (SSSR count). The lowest BCUT2D eigenvalue weighted by Crippen LogP contribution is -1.87. The van der Waals surface area contributed by atoms with Gasteiger partial charge in [-0.15, -0.1) is 0 Å². The minimum atomic E-state index is -2.09.